The first-order valence-electron chi connectivity index (χ1n) is 12.6. The lowest BCUT2D eigenvalue weighted by atomic mass is 10.0. The number of rotatable bonds is 17. The molecule has 0 aliphatic carbocycles. The third-order valence-corrected chi connectivity index (χ3v) is 7.72. The molecular formula is C27H42ClN3O5S. The molecular weight excluding hydrogens is 514 g/mol. The Morgan fingerprint density at radius 3 is 2.30 bits per heavy atom. The molecule has 0 saturated heterocycles. The van der Waals surface area contributed by atoms with Crippen molar-refractivity contribution in [3.05, 3.63) is 65.7 Å². The van der Waals surface area contributed by atoms with E-state index in [4.69, 9.17) is 4.74 Å². The number of benzene rings is 2. The lowest BCUT2D eigenvalue weighted by Gasteiger charge is -2.25. The van der Waals surface area contributed by atoms with Crippen LogP contribution in [-0.2, 0) is 27.8 Å². The number of methoxy groups -OCH3 is 1. The number of nitrogens with one attached hydrogen (secondary N) is 2. The fourth-order valence-electron chi connectivity index (χ4n) is 3.96. The van der Waals surface area contributed by atoms with E-state index < -0.39 is 22.2 Å². The first-order valence-corrected chi connectivity index (χ1v) is 14.2. The molecule has 37 heavy (non-hydrogen) atoms. The topological polar surface area (TPSA) is 108 Å². The van der Waals surface area contributed by atoms with Gasteiger partial charge in [-0.25, -0.2) is 12.7 Å². The van der Waals surface area contributed by atoms with Crippen LogP contribution in [0.1, 0.15) is 44.2 Å². The van der Waals surface area contributed by atoms with Gasteiger partial charge < -0.3 is 20.5 Å². The quantitative estimate of drug-likeness (QED) is 0.277. The van der Waals surface area contributed by atoms with E-state index in [1.165, 1.54) is 4.31 Å². The number of halogens is 1. The highest BCUT2D eigenvalue weighted by molar-refractivity contribution is 7.89. The molecule has 0 aromatic heterocycles. The highest BCUT2D eigenvalue weighted by atomic mass is 35.5. The Hall–Kier alpha value is -2.17. The zero-order chi connectivity index (χ0) is 26.4. The molecule has 10 heteroatoms. The van der Waals surface area contributed by atoms with Gasteiger partial charge in [0.25, 0.3) is 0 Å². The van der Waals surface area contributed by atoms with Gasteiger partial charge >= 0.3 is 0 Å². The van der Waals surface area contributed by atoms with Crippen molar-refractivity contribution >= 4 is 28.3 Å². The van der Waals surface area contributed by atoms with Gasteiger partial charge in [0, 0.05) is 32.6 Å². The van der Waals surface area contributed by atoms with Crippen molar-refractivity contribution in [1.82, 2.24) is 14.9 Å². The summed E-state index contributed by atoms with van der Waals surface area (Å²) in [4.78, 5) is 12.8. The molecule has 2 atom stereocenters. The fraction of sp³-hybridized carbons (Fsp3) is 0.519. The molecule has 1 amide bonds. The van der Waals surface area contributed by atoms with Crippen molar-refractivity contribution in [2.24, 2.45) is 0 Å². The fourth-order valence-corrected chi connectivity index (χ4v) is 5.58. The van der Waals surface area contributed by atoms with Gasteiger partial charge in [0.2, 0.25) is 15.9 Å². The Balaban J connectivity index is 0.00000684. The van der Waals surface area contributed by atoms with Crippen LogP contribution in [0.2, 0.25) is 0 Å². The number of aliphatic hydroxyl groups is 1. The van der Waals surface area contributed by atoms with E-state index in [9.17, 15) is 18.3 Å². The van der Waals surface area contributed by atoms with Gasteiger partial charge in [-0.1, -0.05) is 56.3 Å². The van der Waals surface area contributed by atoms with E-state index in [-0.39, 0.29) is 37.0 Å². The van der Waals surface area contributed by atoms with Crippen molar-refractivity contribution in [3.63, 3.8) is 0 Å². The lowest BCUT2D eigenvalue weighted by molar-refractivity contribution is -0.122. The van der Waals surface area contributed by atoms with Gasteiger partial charge in [-0.2, -0.15) is 0 Å². The zero-order valence-electron chi connectivity index (χ0n) is 22.1. The molecule has 208 valence electrons. The average molecular weight is 556 g/mol. The second kappa shape index (κ2) is 17.4. The molecule has 8 nitrogen and oxygen atoms in total. The molecule has 0 fully saturated rings. The number of hydrogen-bond acceptors (Lipinski definition) is 6. The second-order valence-corrected chi connectivity index (χ2v) is 11.0. The number of sulfonamides is 1. The standard InChI is InChI=1S/C27H41N3O5S.ClH/c1-4-15-30(16-5-2)36(33,34)17-14-27(32)29-25(19-22-10-7-6-8-11-22)26(31)21-28-20-23-12-9-13-24(18-23)35-3;/h6-13,18,25-26,28,31H,4-5,14-17,19-21H2,1-3H3,(H,29,32);1H/t25-,26-;/m0./s1. The maximum Gasteiger partial charge on any atom is 0.221 e. The first-order chi connectivity index (χ1) is 17.3. The molecule has 0 radical (unpaired) electrons. The number of aliphatic hydroxyl groups excluding tert-OH is 1. The number of hydrogen-bond donors (Lipinski definition) is 3. The SMILES string of the molecule is CCCN(CCC)S(=O)(=O)CCC(=O)N[C@@H](Cc1ccccc1)[C@@H](O)CNCc1cccc(OC)c1.Cl. The van der Waals surface area contributed by atoms with Gasteiger partial charge in [-0.15, -0.1) is 12.4 Å². The van der Waals surface area contributed by atoms with Crippen LogP contribution < -0.4 is 15.4 Å². The minimum absolute atomic E-state index is 0. The summed E-state index contributed by atoms with van der Waals surface area (Å²) in [5, 5.41) is 17.0. The van der Waals surface area contributed by atoms with Gasteiger partial charge in [-0.05, 0) is 42.5 Å². The minimum Gasteiger partial charge on any atom is -0.497 e. The number of carbonyl (C=O) groups excluding carboxylic acids is 1. The van der Waals surface area contributed by atoms with Crippen LogP contribution in [-0.4, -0.2) is 68.4 Å². The van der Waals surface area contributed by atoms with Gasteiger partial charge in [-0.3, -0.25) is 4.79 Å². The Bertz CT molecular complexity index is 1020. The molecule has 0 unspecified atom stereocenters. The van der Waals surface area contributed by atoms with E-state index >= 15 is 0 Å². The molecule has 0 aliphatic heterocycles. The van der Waals surface area contributed by atoms with Gasteiger partial charge in [0.05, 0.1) is 25.0 Å². The smallest absolute Gasteiger partial charge is 0.221 e. The summed E-state index contributed by atoms with van der Waals surface area (Å²) >= 11 is 0. The summed E-state index contributed by atoms with van der Waals surface area (Å²) in [5.74, 6) is 0.121. The molecule has 3 N–H and O–H groups in total. The summed E-state index contributed by atoms with van der Waals surface area (Å²) in [6.07, 6.45) is 0.854. The molecule has 2 rings (SSSR count). The van der Waals surface area contributed by atoms with E-state index in [0.717, 1.165) is 29.7 Å². The summed E-state index contributed by atoms with van der Waals surface area (Å²) < 4.78 is 32.2. The maximum absolute atomic E-state index is 12.8. The summed E-state index contributed by atoms with van der Waals surface area (Å²) in [7, 11) is -1.91. The number of nitrogens with zero attached hydrogens (tertiary/aromatic N) is 1. The number of ether oxygens (including phenoxy) is 1. The van der Waals surface area contributed by atoms with Crippen molar-refractivity contribution in [2.45, 2.75) is 58.2 Å². The van der Waals surface area contributed by atoms with Crippen molar-refractivity contribution in [3.8, 4) is 5.75 Å². The molecule has 0 spiro atoms. The van der Waals surface area contributed by atoms with E-state index in [1.54, 1.807) is 7.11 Å². The predicted molar refractivity (Wildman–Crippen MR) is 151 cm³/mol. The molecule has 0 bridgehead atoms. The molecule has 2 aromatic carbocycles. The zero-order valence-corrected chi connectivity index (χ0v) is 23.7. The third-order valence-electron chi connectivity index (χ3n) is 5.85. The first kappa shape index (κ1) is 32.9. The monoisotopic (exact) mass is 555 g/mol. The molecule has 0 saturated carbocycles. The summed E-state index contributed by atoms with van der Waals surface area (Å²) in [5.41, 5.74) is 1.98. The summed E-state index contributed by atoms with van der Waals surface area (Å²) in [6.45, 7) is 5.56. The van der Waals surface area contributed by atoms with E-state index in [2.05, 4.69) is 10.6 Å². The average Bonchev–Trinajstić information content (AvgIpc) is 2.87. The Morgan fingerprint density at radius 2 is 1.68 bits per heavy atom. The summed E-state index contributed by atoms with van der Waals surface area (Å²) in [6, 6.07) is 16.7. The largest absolute Gasteiger partial charge is 0.497 e. The van der Waals surface area contributed by atoms with Crippen molar-refractivity contribution in [1.29, 1.82) is 0 Å². The molecule has 0 aliphatic rings. The predicted octanol–water partition coefficient (Wildman–Crippen LogP) is 3.14. The lowest BCUT2D eigenvalue weighted by Crippen LogP contribution is -2.49. The van der Waals surface area contributed by atoms with Crippen LogP contribution in [0.25, 0.3) is 0 Å². The highest BCUT2D eigenvalue weighted by Crippen LogP contribution is 2.13. The number of amides is 1. The van der Waals surface area contributed by atoms with Crippen LogP contribution in [0.15, 0.2) is 54.6 Å². The van der Waals surface area contributed by atoms with Gasteiger partial charge in [0.1, 0.15) is 5.75 Å². The Kier molecular flexibility index (Phi) is 15.4. The second-order valence-electron chi connectivity index (χ2n) is 8.88. The molecule has 0 heterocycles. The highest BCUT2D eigenvalue weighted by Gasteiger charge is 2.25. The van der Waals surface area contributed by atoms with Crippen LogP contribution >= 0.6 is 12.4 Å². The van der Waals surface area contributed by atoms with Crippen molar-refractivity contribution < 1.29 is 23.1 Å². The Labute approximate surface area is 228 Å². The third kappa shape index (κ3) is 11.8. The molecule has 2 aromatic rings. The number of carbonyl (C=O) groups is 1. The maximum atomic E-state index is 12.8. The minimum atomic E-state index is -3.52. The van der Waals surface area contributed by atoms with Crippen molar-refractivity contribution in [2.75, 3.05) is 32.5 Å². The van der Waals surface area contributed by atoms with Crippen LogP contribution in [0.5, 0.6) is 5.75 Å². The van der Waals surface area contributed by atoms with E-state index in [1.807, 2.05) is 68.4 Å². The Morgan fingerprint density at radius 1 is 1.03 bits per heavy atom. The van der Waals surface area contributed by atoms with Gasteiger partial charge in [0.15, 0.2) is 0 Å². The van der Waals surface area contributed by atoms with E-state index in [0.29, 0.717) is 26.1 Å². The van der Waals surface area contributed by atoms with Crippen LogP contribution in [0.4, 0.5) is 0 Å². The van der Waals surface area contributed by atoms with Crippen LogP contribution in [0, 0.1) is 0 Å². The van der Waals surface area contributed by atoms with Crippen LogP contribution in [0.3, 0.4) is 0 Å². The normalized spacial score (nSPS) is 13.0.